The minimum atomic E-state index is 0.272. The zero-order chi connectivity index (χ0) is 8.97. The first-order chi connectivity index (χ1) is 5.76. The first-order valence-electron chi connectivity index (χ1n) is 3.65. The van der Waals surface area contributed by atoms with Crippen LogP contribution in [0.15, 0.2) is 6.07 Å². The Hall–Kier alpha value is -1.36. The molecule has 0 unspecified atom stereocenters. The van der Waals surface area contributed by atoms with Crippen LogP contribution in [0.5, 0.6) is 6.01 Å². The summed E-state index contributed by atoms with van der Waals surface area (Å²) in [5, 5.41) is 8.56. The van der Waals surface area contributed by atoms with Crippen molar-refractivity contribution in [3.63, 3.8) is 0 Å². The topological polar surface area (TPSA) is 67.3 Å². The number of ether oxygens (including phenoxy) is 1. The van der Waals surface area contributed by atoms with E-state index in [1.54, 1.807) is 13.0 Å². The fourth-order valence-corrected chi connectivity index (χ4v) is 0.792. The quantitative estimate of drug-likeness (QED) is 0.660. The molecule has 1 rings (SSSR count). The molecule has 0 radical (unpaired) electrons. The Morgan fingerprint density at radius 1 is 1.58 bits per heavy atom. The van der Waals surface area contributed by atoms with Gasteiger partial charge in [0.2, 0.25) is 0 Å². The monoisotopic (exact) mass is 169 g/mol. The first-order valence-corrected chi connectivity index (χ1v) is 3.65. The van der Waals surface area contributed by atoms with Gasteiger partial charge in [-0.15, -0.1) is 0 Å². The smallest absolute Gasteiger partial charge is 0.318 e. The maximum atomic E-state index is 8.56. The van der Waals surface area contributed by atoms with E-state index in [0.29, 0.717) is 12.4 Å². The third kappa shape index (κ3) is 2.06. The van der Waals surface area contributed by atoms with Gasteiger partial charge in [0.05, 0.1) is 6.61 Å². The summed E-state index contributed by atoms with van der Waals surface area (Å²) in [6.07, 6.45) is 0. The number of nitrogens with zero attached hydrogens (tertiary/aromatic N) is 2. The molecule has 0 aliphatic rings. The largest absolute Gasteiger partial charge is 0.464 e. The van der Waals surface area contributed by atoms with Crippen LogP contribution in [0, 0.1) is 6.92 Å². The molecule has 0 saturated carbocycles. The highest BCUT2D eigenvalue weighted by Gasteiger charge is 2.00. The van der Waals surface area contributed by atoms with Crippen LogP contribution in [0.25, 0.3) is 0 Å². The number of hydrogen-bond acceptors (Lipinski definition) is 5. The SMILES string of the molecule is CCOc1nc(C)cc(NO)n1. The second-order valence-corrected chi connectivity index (χ2v) is 2.22. The van der Waals surface area contributed by atoms with Crippen LogP contribution in [-0.2, 0) is 0 Å². The molecule has 1 aromatic rings. The third-order valence-electron chi connectivity index (χ3n) is 1.22. The molecule has 0 aromatic carbocycles. The molecule has 0 bridgehead atoms. The normalized spacial score (nSPS) is 9.58. The van der Waals surface area contributed by atoms with Gasteiger partial charge in [0.1, 0.15) is 0 Å². The maximum Gasteiger partial charge on any atom is 0.318 e. The summed E-state index contributed by atoms with van der Waals surface area (Å²) in [5.41, 5.74) is 2.68. The lowest BCUT2D eigenvalue weighted by Crippen LogP contribution is -2.02. The molecule has 5 nitrogen and oxygen atoms in total. The van der Waals surface area contributed by atoms with Gasteiger partial charge in [-0.3, -0.25) is 10.7 Å². The number of rotatable bonds is 3. The number of aromatic nitrogens is 2. The summed E-state index contributed by atoms with van der Waals surface area (Å²) in [5.74, 6) is 0.339. The van der Waals surface area contributed by atoms with Gasteiger partial charge in [-0.1, -0.05) is 0 Å². The maximum absolute atomic E-state index is 8.56. The van der Waals surface area contributed by atoms with Gasteiger partial charge in [0.25, 0.3) is 0 Å². The number of nitrogens with one attached hydrogen (secondary N) is 1. The number of hydrogen-bond donors (Lipinski definition) is 2. The van der Waals surface area contributed by atoms with E-state index < -0.39 is 0 Å². The molecule has 0 aliphatic carbocycles. The predicted octanol–water partition coefficient (Wildman–Crippen LogP) is 0.985. The Labute approximate surface area is 70.4 Å². The Morgan fingerprint density at radius 2 is 2.33 bits per heavy atom. The van der Waals surface area contributed by atoms with Gasteiger partial charge < -0.3 is 4.74 Å². The number of anilines is 1. The lowest BCUT2D eigenvalue weighted by Gasteiger charge is -2.03. The molecule has 0 saturated heterocycles. The van der Waals surface area contributed by atoms with Crippen molar-refractivity contribution in [3.05, 3.63) is 11.8 Å². The molecule has 0 fully saturated rings. The second kappa shape index (κ2) is 3.87. The van der Waals surface area contributed by atoms with Gasteiger partial charge in [0.15, 0.2) is 5.82 Å². The molecule has 2 N–H and O–H groups in total. The lowest BCUT2D eigenvalue weighted by molar-refractivity contribution is 0.310. The summed E-state index contributed by atoms with van der Waals surface area (Å²) < 4.78 is 5.06. The summed E-state index contributed by atoms with van der Waals surface area (Å²) in [6.45, 7) is 4.15. The third-order valence-corrected chi connectivity index (χ3v) is 1.22. The van der Waals surface area contributed by atoms with Gasteiger partial charge in [-0.25, -0.2) is 4.98 Å². The van der Waals surface area contributed by atoms with Crippen LogP contribution in [0.2, 0.25) is 0 Å². The standard InChI is InChI=1S/C7H11N3O2/c1-3-12-7-8-5(2)4-6(9-7)10-11/h4,11H,3H2,1-2H3,(H,8,9,10). The average molecular weight is 169 g/mol. The fourth-order valence-electron chi connectivity index (χ4n) is 0.792. The second-order valence-electron chi connectivity index (χ2n) is 2.22. The molecular formula is C7H11N3O2. The minimum Gasteiger partial charge on any atom is -0.464 e. The van der Waals surface area contributed by atoms with Crippen LogP contribution in [0.4, 0.5) is 5.82 Å². The van der Waals surface area contributed by atoms with E-state index in [9.17, 15) is 0 Å². The zero-order valence-electron chi connectivity index (χ0n) is 7.03. The fraction of sp³-hybridized carbons (Fsp3) is 0.429. The van der Waals surface area contributed by atoms with Gasteiger partial charge in [-0.05, 0) is 13.8 Å². The molecule has 1 heterocycles. The molecule has 0 amide bonds. The van der Waals surface area contributed by atoms with Crippen molar-refractivity contribution in [1.29, 1.82) is 0 Å². The van der Waals surface area contributed by atoms with Crippen LogP contribution in [0.1, 0.15) is 12.6 Å². The average Bonchev–Trinajstić information content (AvgIpc) is 2.04. The van der Waals surface area contributed by atoms with Crippen molar-refractivity contribution < 1.29 is 9.94 Å². The zero-order valence-corrected chi connectivity index (χ0v) is 7.03. The van der Waals surface area contributed by atoms with Crippen molar-refractivity contribution in [3.8, 4) is 6.01 Å². The van der Waals surface area contributed by atoms with Crippen molar-refractivity contribution >= 4 is 5.82 Å². The molecule has 1 aromatic heterocycles. The Balaban J connectivity index is 2.90. The molecule has 5 heteroatoms. The molecule has 66 valence electrons. The predicted molar refractivity (Wildman–Crippen MR) is 43.3 cm³/mol. The van der Waals surface area contributed by atoms with Crippen molar-refractivity contribution in [2.24, 2.45) is 0 Å². The van der Waals surface area contributed by atoms with E-state index in [4.69, 9.17) is 9.94 Å². The summed E-state index contributed by atoms with van der Waals surface area (Å²) in [4.78, 5) is 7.83. The minimum absolute atomic E-state index is 0.272. The van der Waals surface area contributed by atoms with Crippen molar-refractivity contribution in [2.45, 2.75) is 13.8 Å². The summed E-state index contributed by atoms with van der Waals surface area (Å²) >= 11 is 0. The first kappa shape index (κ1) is 8.73. The van der Waals surface area contributed by atoms with E-state index in [-0.39, 0.29) is 6.01 Å². The lowest BCUT2D eigenvalue weighted by atomic mass is 10.4. The van der Waals surface area contributed by atoms with E-state index >= 15 is 0 Å². The Bertz CT molecular complexity index is 265. The van der Waals surface area contributed by atoms with Crippen LogP contribution >= 0.6 is 0 Å². The van der Waals surface area contributed by atoms with Crippen LogP contribution < -0.4 is 10.2 Å². The highest BCUT2D eigenvalue weighted by Crippen LogP contribution is 2.09. The van der Waals surface area contributed by atoms with Crippen molar-refractivity contribution in [2.75, 3.05) is 12.1 Å². The van der Waals surface area contributed by atoms with E-state index in [2.05, 4.69) is 9.97 Å². The Kier molecular flexibility index (Phi) is 2.82. The van der Waals surface area contributed by atoms with Crippen LogP contribution in [0.3, 0.4) is 0 Å². The molecule has 12 heavy (non-hydrogen) atoms. The van der Waals surface area contributed by atoms with E-state index in [1.807, 2.05) is 12.4 Å². The summed E-state index contributed by atoms with van der Waals surface area (Å²) in [7, 11) is 0. The number of aryl methyl sites for hydroxylation is 1. The van der Waals surface area contributed by atoms with Gasteiger partial charge in [-0.2, -0.15) is 4.98 Å². The van der Waals surface area contributed by atoms with Gasteiger partial charge in [0, 0.05) is 11.8 Å². The Morgan fingerprint density at radius 3 is 2.92 bits per heavy atom. The van der Waals surface area contributed by atoms with Gasteiger partial charge >= 0.3 is 6.01 Å². The van der Waals surface area contributed by atoms with Crippen molar-refractivity contribution in [1.82, 2.24) is 9.97 Å². The summed E-state index contributed by atoms with van der Waals surface area (Å²) in [6, 6.07) is 1.89. The molecule has 0 spiro atoms. The molecular weight excluding hydrogens is 158 g/mol. The van der Waals surface area contributed by atoms with Crippen LogP contribution in [-0.4, -0.2) is 21.8 Å². The molecule has 0 atom stereocenters. The highest BCUT2D eigenvalue weighted by molar-refractivity contribution is 5.33. The van der Waals surface area contributed by atoms with E-state index in [1.165, 1.54) is 0 Å². The molecule has 0 aliphatic heterocycles. The highest BCUT2D eigenvalue weighted by atomic mass is 16.5. The van der Waals surface area contributed by atoms with E-state index in [0.717, 1.165) is 5.69 Å².